The van der Waals surface area contributed by atoms with Crippen LogP contribution in [0.3, 0.4) is 0 Å². The molecule has 1 heteroatoms. The molecule has 1 nitrogen and oxygen atoms in total. The molecule has 0 radical (unpaired) electrons. The molecule has 0 fully saturated rings. The minimum absolute atomic E-state index is 0.367. The molecule has 0 saturated heterocycles. The Morgan fingerprint density at radius 1 is 1.06 bits per heavy atom. The van der Waals surface area contributed by atoms with Crippen LogP contribution in [0.1, 0.15) is 60.3 Å². The van der Waals surface area contributed by atoms with Crippen molar-refractivity contribution in [2.75, 3.05) is 0 Å². The van der Waals surface area contributed by atoms with Gasteiger partial charge < -0.3 is 0 Å². The molecule has 0 spiro atoms. The van der Waals surface area contributed by atoms with Gasteiger partial charge in [-0.05, 0) is 46.5 Å². The first-order chi connectivity index (χ1) is 7.41. The minimum atomic E-state index is 0.367. The van der Waals surface area contributed by atoms with Crippen LogP contribution in [0.5, 0.6) is 0 Å². The first kappa shape index (κ1) is 15.2. The van der Waals surface area contributed by atoms with Crippen molar-refractivity contribution in [3.63, 3.8) is 0 Å². The summed E-state index contributed by atoms with van der Waals surface area (Å²) in [4.78, 5) is 11.6. The Labute approximate surface area is 101 Å². The maximum absolute atomic E-state index is 11.6. The second-order valence-corrected chi connectivity index (χ2v) is 5.19. The molecular weight excluding hydrogens is 196 g/mol. The first-order valence-electron chi connectivity index (χ1n) is 6.20. The van der Waals surface area contributed by atoms with Gasteiger partial charge in [-0.3, -0.25) is 4.79 Å². The number of carbonyl (C=O) groups excluding carboxylic acids is 1. The molecule has 0 aliphatic heterocycles. The van der Waals surface area contributed by atoms with Gasteiger partial charge in [0.25, 0.3) is 0 Å². The van der Waals surface area contributed by atoms with E-state index in [0.29, 0.717) is 18.1 Å². The van der Waals surface area contributed by atoms with E-state index < -0.39 is 0 Å². The zero-order chi connectivity index (χ0) is 12.6. The highest BCUT2D eigenvalue weighted by Crippen LogP contribution is 2.13. The smallest absolute Gasteiger partial charge is 0.136 e. The van der Waals surface area contributed by atoms with Gasteiger partial charge in [-0.1, -0.05) is 30.2 Å². The second kappa shape index (κ2) is 8.32. The van der Waals surface area contributed by atoms with Crippen LogP contribution in [0, 0.1) is 5.92 Å². The van der Waals surface area contributed by atoms with E-state index in [4.69, 9.17) is 0 Å². The molecule has 92 valence electrons. The van der Waals surface area contributed by atoms with Gasteiger partial charge in [-0.15, -0.1) is 0 Å². The third kappa shape index (κ3) is 9.70. The Morgan fingerprint density at radius 3 is 2.12 bits per heavy atom. The summed E-state index contributed by atoms with van der Waals surface area (Å²) in [6.45, 7) is 10.5. The quantitative estimate of drug-likeness (QED) is 0.571. The molecular formula is C15H26O. The van der Waals surface area contributed by atoms with Crippen molar-refractivity contribution in [3.8, 4) is 0 Å². The van der Waals surface area contributed by atoms with Crippen molar-refractivity contribution < 1.29 is 4.79 Å². The van der Waals surface area contributed by atoms with Crippen LogP contribution < -0.4 is 0 Å². The number of allylic oxidation sites excluding steroid dienone is 4. The van der Waals surface area contributed by atoms with Gasteiger partial charge in [0, 0.05) is 12.8 Å². The van der Waals surface area contributed by atoms with Crippen molar-refractivity contribution in [3.05, 3.63) is 23.3 Å². The SMILES string of the molecule is CC(C)=CCCC(C)CC(=O)CC=C(C)C. The van der Waals surface area contributed by atoms with Crippen LogP contribution in [0.25, 0.3) is 0 Å². The van der Waals surface area contributed by atoms with E-state index in [2.05, 4.69) is 26.8 Å². The molecule has 0 aliphatic carbocycles. The van der Waals surface area contributed by atoms with Gasteiger partial charge in [0.15, 0.2) is 0 Å². The summed E-state index contributed by atoms with van der Waals surface area (Å²) >= 11 is 0. The Kier molecular flexibility index (Phi) is 7.88. The molecule has 0 aromatic rings. The summed E-state index contributed by atoms with van der Waals surface area (Å²) in [6, 6.07) is 0. The summed E-state index contributed by atoms with van der Waals surface area (Å²) in [5.74, 6) is 0.875. The second-order valence-electron chi connectivity index (χ2n) is 5.19. The Hall–Kier alpha value is -0.850. The third-order valence-corrected chi connectivity index (χ3v) is 2.53. The van der Waals surface area contributed by atoms with Crippen LogP contribution in [0.4, 0.5) is 0 Å². The summed E-state index contributed by atoms with van der Waals surface area (Å²) in [7, 11) is 0. The van der Waals surface area contributed by atoms with E-state index in [9.17, 15) is 4.79 Å². The standard InChI is InChI=1S/C15H26O/c1-12(2)7-6-8-14(5)11-15(16)10-9-13(3)4/h7,9,14H,6,8,10-11H2,1-5H3. The number of rotatable bonds is 7. The number of hydrogen-bond donors (Lipinski definition) is 0. The molecule has 0 aromatic heterocycles. The molecule has 0 aliphatic rings. The molecule has 1 unspecified atom stereocenters. The largest absolute Gasteiger partial charge is 0.299 e. The van der Waals surface area contributed by atoms with Crippen LogP contribution in [0.15, 0.2) is 23.3 Å². The first-order valence-corrected chi connectivity index (χ1v) is 6.20. The van der Waals surface area contributed by atoms with Gasteiger partial charge in [-0.2, -0.15) is 0 Å². The lowest BCUT2D eigenvalue weighted by atomic mass is 9.97. The maximum Gasteiger partial charge on any atom is 0.136 e. The third-order valence-electron chi connectivity index (χ3n) is 2.53. The van der Waals surface area contributed by atoms with Gasteiger partial charge in [0.2, 0.25) is 0 Å². The molecule has 0 amide bonds. The van der Waals surface area contributed by atoms with Gasteiger partial charge >= 0.3 is 0 Å². The highest BCUT2D eigenvalue weighted by Gasteiger charge is 2.07. The summed E-state index contributed by atoms with van der Waals surface area (Å²) in [6.07, 6.45) is 7.81. The monoisotopic (exact) mass is 222 g/mol. The summed E-state index contributed by atoms with van der Waals surface area (Å²) in [5, 5.41) is 0. The highest BCUT2D eigenvalue weighted by molar-refractivity contribution is 5.80. The number of carbonyl (C=O) groups is 1. The van der Waals surface area contributed by atoms with E-state index in [-0.39, 0.29) is 0 Å². The Morgan fingerprint density at radius 2 is 1.62 bits per heavy atom. The van der Waals surface area contributed by atoms with E-state index in [1.165, 1.54) is 11.1 Å². The fourth-order valence-electron chi connectivity index (χ4n) is 1.55. The van der Waals surface area contributed by atoms with Gasteiger partial charge in [0.1, 0.15) is 5.78 Å². The predicted octanol–water partition coefficient (Wildman–Crippen LogP) is 4.68. The van der Waals surface area contributed by atoms with E-state index in [1.54, 1.807) is 0 Å². The lowest BCUT2D eigenvalue weighted by Crippen LogP contribution is -2.04. The average molecular weight is 222 g/mol. The zero-order valence-corrected chi connectivity index (χ0v) is 11.5. The molecule has 1 atom stereocenters. The lowest BCUT2D eigenvalue weighted by molar-refractivity contribution is -0.119. The van der Waals surface area contributed by atoms with E-state index in [1.807, 2.05) is 19.9 Å². The van der Waals surface area contributed by atoms with Crippen LogP contribution in [0.2, 0.25) is 0 Å². The van der Waals surface area contributed by atoms with Crippen molar-refractivity contribution in [2.45, 2.75) is 60.3 Å². The maximum atomic E-state index is 11.6. The Balaban J connectivity index is 3.78. The van der Waals surface area contributed by atoms with Gasteiger partial charge in [-0.25, -0.2) is 0 Å². The molecule has 0 rings (SSSR count). The van der Waals surface area contributed by atoms with Crippen LogP contribution >= 0.6 is 0 Å². The number of ketones is 1. The molecule has 0 saturated carbocycles. The molecule has 16 heavy (non-hydrogen) atoms. The normalized spacial score (nSPS) is 11.8. The molecule has 0 heterocycles. The van der Waals surface area contributed by atoms with Gasteiger partial charge in [0.05, 0.1) is 0 Å². The lowest BCUT2D eigenvalue weighted by Gasteiger charge is -2.08. The van der Waals surface area contributed by atoms with Crippen LogP contribution in [-0.4, -0.2) is 5.78 Å². The van der Waals surface area contributed by atoms with Crippen molar-refractivity contribution in [1.29, 1.82) is 0 Å². The van der Waals surface area contributed by atoms with Crippen molar-refractivity contribution in [1.82, 2.24) is 0 Å². The van der Waals surface area contributed by atoms with E-state index >= 15 is 0 Å². The van der Waals surface area contributed by atoms with Crippen LogP contribution in [-0.2, 0) is 4.79 Å². The minimum Gasteiger partial charge on any atom is -0.299 e. The fraction of sp³-hybridized carbons (Fsp3) is 0.667. The van der Waals surface area contributed by atoms with E-state index in [0.717, 1.165) is 19.3 Å². The van der Waals surface area contributed by atoms with Crippen molar-refractivity contribution >= 4 is 5.78 Å². The predicted molar refractivity (Wildman–Crippen MR) is 71.5 cm³/mol. The Bertz CT molecular complexity index is 263. The number of hydrogen-bond acceptors (Lipinski definition) is 1. The summed E-state index contributed by atoms with van der Waals surface area (Å²) < 4.78 is 0. The fourth-order valence-corrected chi connectivity index (χ4v) is 1.55. The number of Topliss-reactive ketones (excluding diaryl/α,β-unsaturated/α-hetero) is 1. The molecule has 0 aromatic carbocycles. The average Bonchev–Trinajstić information content (AvgIpc) is 2.14. The van der Waals surface area contributed by atoms with Crippen molar-refractivity contribution in [2.24, 2.45) is 5.92 Å². The molecule has 0 bridgehead atoms. The zero-order valence-electron chi connectivity index (χ0n) is 11.5. The molecule has 0 N–H and O–H groups in total. The summed E-state index contributed by atoms with van der Waals surface area (Å²) in [5.41, 5.74) is 2.59. The highest BCUT2D eigenvalue weighted by atomic mass is 16.1. The topological polar surface area (TPSA) is 17.1 Å².